The number of hydrogen-bond donors (Lipinski definition) is 1. The first kappa shape index (κ1) is 20.6. The molecule has 2 rings (SSSR count). The number of likely N-dealkylation sites (N-methyl/N-ethyl adjacent to an activating group) is 2. The van der Waals surface area contributed by atoms with Crippen molar-refractivity contribution in [2.45, 2.75) is 11.8 Å². The van der Waals surface area contributed by atoms with E-state index in [-0.39, 0.29) is 23.3 Å². The van der Waals surface area contributed by atoms with E-state index >= 15 is 0 Å². The van der Waals surface area contributed by atoms with E-state index in [0.717, 1.165) is 15.4 Å². The van der Waals surface area contributed by atoms with Gasteiger partial charge in [-0.1, -0.05) is 24.3 Å². The number of carbonyl (C=O) groups excluding carboxylic acids is 2. The first-order valence-electron chi connectivity index (χ1n) is 8.26. The van der Waals surface area contributed by atoms with Crippen LogP contribution in [0.5, 0.6) is 0 Å². The number of rotatable bonds is 6. The quantitative estimate of drug-likeness (QED) is 0.819. The molecular weight excluding hydrogens is 366 g/mol. The fraction of sp³-hybridized carbons (Fsp3) is 0.263. The first-order valence-corrected chi connectivity index (χ1v) is 9.70. The van der Waals surface area contributed by atoms with Crippen LogP contribution in [0.3, 0.4) is 0 Å². The standard InChI is InChI=1S/C19H23N3O4S/c1-14(23)20-17-9-5-15(6-10-17)16-7-11-18(12-8-16)27(25,26)22(4)13-19(24)21(2)3/h5-12H,13H2,1-4H3,(H,20,23). The summed E-state index contributed by atoms with van der Waals surface area (Å²) in [5.41, 5.74) is 2.43. The van der Waals surface area contributed by atoms with Crippen molar-refractivity contribution in [3.05, 3.63) is 48.5 Å². The van der Waals surface area contributed by atoms with Crippen molar-refractivity contribution in [1.29, 1.82) is 0 Å². The van der Waals surface area contributed by atoms with E-state index in [0.29, 0.717) is 5.69 Å². The second-order valence-corrected chi connectivity index (χ2v) is 8.38. The Morgan fingerprint density at radius 3 is 1.81 bits per heavy atom. The molecule has 2 amide bonds. The highest BCUT2D eigenvalue weighted by Gasteiger charge is 2.23. The molecule has 0 saturated carbocycles. The van der Waals surface area contributed by atoms with Crippen molar-refractivity contribution < 1.29 is 18.0 Å². The molecule has 0 bridgehead atoms. The van der Waals surface area contributed by atoms with Crippen LogP contribution in [-0.4, -0.2) is 57.1 Å². The maximum Gasteiger partial charge on any atom is 0.243 e. The largest absolute Gasteiger partial charge is 0.348 e. The van der Waals surface area contributed by atoms with Crippen LogP contribution in [0, 0.1) is 0 Å². The lowest BCUT2D eigenvalue weighted by Crippen LogP contribution is -2.37. The number of amides is 2. The second-order valence-electron chi connectivity index (χ2n) is 6.33. The Morgan fingerprint density at radius 1 is 0.889 bits per heavy atom. The van der Waals surface area contributed by atoms with E-state index in [2.05, 4.69) is 5.32 Å². The topological polar surface area (TPSA) is 86.8 Å². The highest BCUT2D eigenvalue weighted by molar-refractivity contribution is 7.89. The lowest BCUT2D eigenvalue weighted by molar-refractivity contribution is -0.128. The Labute approximate surface area is 159 Å². The van der Waals surface area contributed by atoms with E-state index in [1.54, 1.807) is 38.4 Å². The lowest BCUT2D eigenvalue weighted by Gasteiger charge is -2.19. The summed E-state index contributed by atoms with van der Waals surface area (Å²) in [6.07, 6.45) is 0. The van der Waals surface area contributed by atoms with E-state index in [1.165, 1.54) is 31.0 Å². The second kappa shape index (κ2) is 8.32. The molecule has 144 valence electrons. The normalized spacial score (nSPS) is 11.3. The molecule has 0 aliphatic carbocycles. The van der Waals surface area contributed by atoms with Crippen LogP contribution in [-0.2, 0) is 19.6 Å². The highest BCUT2D eigenvalue weighted by atomic mass is 32.2. The summed E-state index contributed by atoms with van der Waals surface area (Å²) in [6, 6.07) is 13.7. The van der Waals surface area contributed by atoms with Crippen LogP contribution >= 0.6 is 0 Å². The molecule has 0 aliphatic rings. The maximum atomic E-state index is 12.6. The highest BCUT2D eigenvalue weighted by Crippen LogP contribution is 2.24. The number of carbonyl (C=O) groups is 2. The molecule has 0 saturated heterocycles. The molecule has 8 heteroatoms. The third-order valence-corrected chi connectivity index (χ3v) is 5.78. The van der Waals surface area contributed by atoms with Gasteiger partial charge in [-0.05, 0) is 35.4 Å². The third-order valence-electron chi connectivity index (χ3n) is 3.96. The molecule has 0 aromatic heterocycles. The molecule has 27 heavy (non-hydrogen) atoms. The Morgan fingerprint density at radius 2 is 1.37 bits per heavy atom. The average Bonchev–Trinajstić information content (AvgIpc) is 2.61. The molecule has 0 spiro atoms. The summed E-state index contributed by atoms with van der Waals surface area (Å²) in [7, 11) is 0.788. The molecule has 1 N–H and O–H groups in total. The van der Waals surface area contributed by atoms with Crippen molar-refractivity contribution in [2.75, 3.05) is 33.0 Å². The van der Waals surface area contributed by atoms with Gasteiger partial charge in [-0.15, -0.1) is 0 Å². The van der Waals surface area contributed by atoms with E-state index in [1.807, 2.05) is 12.1 Å². The third kappa shape index (κ3) is 5.15. The van der Waals surface area contributed by atoms with Crippen LogP contribution in [0.15, 0.2) is 53.4 Å². The molecule has 0 atom stereocenters. The summed E-state index contributed by atoms with van der Waals surface area (Å²) in [4.78, 5) is 24.3. The number of benzene rings is 2. The van der Waals surface area contributed by atoms with Gasteiger partial charge < -0.3 is 10.2 Å². The van der Waals surface area contributed by atoms with E-state index in [4.69, 9.17) is 0 Å². The van der Waals surface area contributed by atoms with Crippen molar-refractivity contribution in [2.24, 2.45) is 0 Å². The van der Waals surface area contributed by atoms with Gasteiger partial charge in [-0.25, -0.2) is 8.42 Å². The Balaban J connectivity index is 2.18. The molecule has 0 radical (unpaired) electrons. The predicted octanol–water partition coefficient (Wildman–Crippen LogP) is 2.02. The fourth-order valence-corrected chi connectivity index (χ4v) is 3.49. The molecule has 0 fully saturated rings. The summed E-state index contributed by atoms with van der Waals surface area (Å²) in [5, 5.41) is 2.69. The van der Waals surface area contributed by atoms with Crippen molar-refractivity contribution in [3.8, 4) is 11.1 Å². The van der Waals surface area contributed by atoms with Gasteiger partial charge in [-0.2, -0.15) is 4.31 Å². The molecule has 0 unspecified atom stereocenters. The van der Waals surface area contributed by atoms with Crippen LogP contribution in [0.25, 0.3) is 11.1 Å². The number of sulfonamides is 1. The monoisotopic (exact) mass is 389 g/mol. The van der Waals surface area contributed by atoms with Gasteiger partial charge in [0.25, 0.3) is 0 Å². The smallest absolute Gasteiger partial charge is 0.243 e. The first-order chi connectivity index (χ1) is 12.6. The number of nitrogens with zero attached hydrogens (tertiary/aromatic N) is 2. The van der Waals surface area contributed by atoms with Gasteiger partial charge in [0.15, 0.2) is 0 Å². The van der Waals surface area contributed by atoms with Gasteiger partial charge in [0.2, 0.25) is 21.8 Å². The van der Waals surface area contributed by atoms with E-state index < -0.39 is 10.0 Å². The minimum Gasteiger partial charge on any atom is -0.348 e. The summed E-state index contributed by atoms with van der Waals surface area (Å²) >= 11 is 0. The molecular formula is C19H23N3O4S. The van der Waals surface area contributed by atoms with Crippen LogP contribution in [0.2, 0.25) is 0 Å². The number of hydrogen-bond acceptors (Lipinski definition) is 4. The fourth-order valence-electron chi connectivity index (χ4n) is 2.37. The van der Waals surface area contributed by atoms with Gasteiger partial charge in [0.05, 0.1) is 11.4 Å². The van der Waals surface area contributed by atoms with Gasteiger partial charge >= 0.3 is 0 Å². The Kier molecular flexibility index (Phi) is 6.35. The Hall–Kier alpha value is -2.71. The zero-order valence-corrected chi connectivity index (χ0v) is 16.6. The van der Waals surface area contributed by atoms with Crippen molar-refractivity contribution in [1.82, 2.24) is 9.21 Å². The molecule has 2 aromatic carbocycles. The molecule has 0 aliphatic heterocycles. The molecule has 2 aromatic rings. The Bertz CT molecular complexity index is 920. The summed E-state index contributed by atoms with van der Waals surface area (Å²) in [6.45, 7) is 1.22. The van der Waals surface area contributed by atoms with Crippen molar-refractivity contribution >= 4 is 27.5 Å². The zero-order valence-electron chi connectivity index (χ0n) is 15.8. The van der Waals surface area contributed by atoms with Gasteiger partial charge in [0.1, 0.15) is 0 Å². The molecule has 7 nitrogen and oxygen atoms in total. The summed E-state index contributed by atoms with van der Waals surface area (Å²) < 4.78 is 26.2. The van der Waals surface area contributed by atoms with Crippen LogP contribution < -0.4 is 5.32 Å². The number of nitrogens with one attached hydrogen (secondary N) is 1. The van der Waals surface area contributed by atoms with Crippen LogP contribution in [0.4, 0.5) is 5.69 Å². The van der Waals surface area contributed by atoms with Gasteiger partial charge in [-0.3, -0.25) is 9.59 Å². The van der Waals surface area contributed by atoms with E-state index in [9.17, 15) is 18.0 Å². The number of anilines is 1. The van der Waals surface area contributed by atoms with Gasteiger partial charge in [0, 0.05) is 33.8 Å². The van der Waals surface area contributed by atoms with Crippen molar-refractivity contribution in [3.63, 3.8) is 0 Å². The predicted molar refractivity (Wildman–Crippen MR) is 105 cm³/mol. The average molecular weight is 389 g/mol. The molecule has 0 heterocycles. The summed E-state index contributed by atoms with van der Waals surface area (Å²) in [5.74, 6) is -0.439. The lowest BCUT2D eigenvalue weighted by atomic mass is 10.1. The maximum absolute atomic E-state index is 12.6. The van der Waals surface area contributed by atoms with Crippen LogP contribution in [0.1, 0.15) is 6.92 Å². The minimum atomic E-state index is -3.75. The SMILES string of the molecule is CC(=O)Nc1ccc(-c2ccc(S(=O)(=O)N(C)CC(=O)N(C)C)cc2)cc1. The zero-order chi connectivity index (χ0) is 20.2. The minimum absolute atomic E-state index is 0.121.